The van der Waals surface area contributed by atoms with Crippen molar-refractivity contribution >= 4 is 27.8 Å². The van der Waals surface area contributed by atoms with Gasteiger partial charge in [-0.05, 0) is 55.5 Å². The van der Waals surface area contributed by atoms with Gasteiger partial charge in [-0.15, -0.1) is 0 Å². The maximum Gasteiger partial charge on any atom is 0.164 e. The first-order valence-corrected chi connectivity index (χ1v) is 12.8. The van der Waals surface area contributed by atoms with Crippen molar-refractivity contribution in [3.8, 4) is 11.3 Å². The number of nitrogens with zero attached hydrogens (tertiary/aromatic N) is 4. The SMILES string of the molecule is Nc1ncnc2c1c(-c1ccc3[nH]c(Cc4ccccc4F)cc3c1)nn2C1CCCC(NCCO)C1. The van der Waals surface area contributed by atoms with E-state index in [-0.39, 0.29) is 18.5 Å². The van der Waals surface area contributed by atoms with E-state index in [9.17, 15) is 9.50 Å². The minimum atomic E-state index is -0.203. The number of aromatic nitrogens is 5. The molecule has 1 aliphatic carbocycles. The van der Waals surface area contributed by atoms with Crippen LogP contribution in [0.3, 0.4) is 0 Å². The number of hydrogen-bond donors (Lipinski definition) is 4. The second-order valence-corrected chi connectivity index (χ2v) is 9.81. The van der Waals surface area contributed by atoms with Gasteiger partial charge in [-0.2, -0.15) is 5.10 Å². The van der Waals surface area contributed by atoms with E-state index < -0.39 is 0 Å². The maximum absolute atomic E-state index is 14.2. The van der Waals surface area contributed by atoms with Crippen molar-refractivity contribution in [3.63, 3.8) is 0 Å². The topological polar surface area (TPSA) is 118 Å². The summed E-state index contributed by atoms with van der Waals surface area (Å²) < 4.78 is 16.2. The fourth-order valence-electron chi connectivity index (χ4n) is 5.57. The molecule has 8 nitrogen and oxygen atoms in total. The fraction of sp³-hybridized carbons (Fsp3) is 0.321. The molecule has 2 atom stereocenters. The van der Waals surface area contributed by atoms with Gasteiger partial charge in [0.15, 0.2) is 5.65 Å². The molecular weight excluding hydrogens is 469 g/mol. The zero-order valence-electron chi connectivity index (χ0n) is 20.5. The summed E-state index contributed by atoms with van der Waals surface area (Å²) in [5.74, 6) is 0.206. The van der Waals surface area contributed by atoms with Crippen LogP contribution in [0.15, 0.2) is 54.9 Å². The number of rotatable bonds is 7. The van der Waals surface area contributed by atoms with Crippen LogP contribution in [0.1, 0.15) is 43.0 Å². The molecular formula is C28H30FN7O. The lowest BCUT2D eigenvalue weighted by Crippen LogP contribution is -2.36. The third kappa shape index (κ3) is 4.56. The van der Waals surface area contributed by atoms with Crippen LogP contribution in [0.4, 0.5) is 10.2 Å². The van der Waals surface area contributed by atoms with Crippen molar-refractivity contribution in [1.29, 1.82) is 0 Å². The van der Waals surface area contributed by atoms with E-state index in [1.165, 1.54) is 12.4 Å². The van der Waals surface area contributed by atoms with E-state index in [4.69, 9.17) is 10.8 Å². The van der Waals surface area contributed by atoms with Gasteiger partial charge in [0.25, 0.3) is 0 Å². The Morgan fingerprint density at radius 2 is 2.03 bits per heavy atom. The number of nitrogens with two attached hydrogens (primary N) is 1. The van der Waals surface area contributed by atoms with E-state index >= 15 is 0 Å². The zero-order chi connectivity index (χ0) is 25.4. The third-order valence-corrected chi connectivity index (χ3v) is 7.34. The molecule has 2 unspecified atom stereocenters. The van der Waals surface area contributed by atoms with Gasteiger partial charge in [-0.3, -0.25) is 0 Å². The minimum Gasteiger partial charge on any atom is -0.395 e. The number of aliphatic hydroxyl groups is 1. The first-order valence-electron chi connectivity index (χ1n) is 12.8. The van der Waals surface area contributed by atoms with Crippen LogP contribution in [0, 0.1) is 5.82 Å². The third-order valence-electron chi connectivity index (χ3n) is 7.34. The van der Waals surface area contributed by atoms with Gasteiger partial charge >= 0.3 is 0 Å². The molecule has 1 saturated carbocycles. The van der Waals surface area contributed by atoms with Gasteiger partial charge in [0.05, 0.1) is 18.0 Å². The predicted octanol–water partition coefficient (Wildman–Crippen LogP) is 4.35. The lowest BCUT2D eigenvalue weighted by atomic mass is 9.91. The fourth-order valence-corrected chi connectivity index (χ4v) is 5.57. The normalized spacial score (nSPS) is 18.1. The van der Waals surface area contributed by atoms with Gasteiger partial charge in [0, 0.05) is 41.2 Å². The lowest BCUT2D eigenvalue weighted by molar-refractivity contribution is 0.244. The smallest absolute Gasteiger partial charge is 0.164 e. The Kier molecular flexibility index (Phi) is 6.31. The van der Waals surface area contributed by atoms with Crippen LogP contribution in [-0.4, -0.2) is 49.0 Å². The molecule has 0 bridgehead atoms. The summed E-state index contributed by atoms with van der Waals surface area (Å²) in [5.41, 5.74) is 11.4. The van der Waals surface area contributed by atoms with Crippen LogP contribution in [0.2, 0.25) is 0 Å². The number of halogens is 1. The molecule has 190 valence electrons. The Morgan fingerprint density at radius 3 is 2.89 bits per heavy atom. The first kappa shape index (κ1) is 23.6. The Balaban J connectivity index is 1.37. The number of nitrogen functional groups attached to an aromatic ring is 1. The molecule has 37 heavy (non-hydrogen) atoms. The van der Waals surface area contributed by atoms with Gasteiger partial charge in [0.1, 0.15) is 23.7 Å². The molecule has 2 aromatic carbocycles. The number of nitrogens with one attached hydrogen (secondary N) is 2. The van der Waals surface area contributed by atoms with Crippen molar-refractivity contribution < 1.29 is 9.50 Å². The summed E-state index contributed by atoms with van der Waals surface area (Å²) in [4.78, 5) is 12.3. The van der Waals surface area contributed by atoms with Gasteiger partial charge in [-0.25, -0.2) is 19.0 Å². The van der Waals surface area contributed by atoms with Crippen molar-refractivity contribution in [2.75, 3.05) is 18.9 Å². The zero-order valence-corrected chi connectivity index (χ0v) is 20.5. The Labute approximate surface area is 213 Å². The molecule has 3 aromatic heterocycles. The molecule has 6 rings (SSSR count). The molecule has 0 amide bonds. The van der Waals surface area contributed by atoms with E-state index in [1.54, 1.807) is 6.07 Å². The summed E-state index contributed by atoms with van der Waals surface area (Å²) in [7, 11) is 0. The summed E-state index contributed by atoms with van der Waals surface area (Å²) in [6.07, 6.45) is 6.06. The van der Waals surface area contributed by atoms with E-state index in [1.807, 2.05) is 28.9 Å². The monoisotopic (exact) mass is 499 g/mol. The standard InChI is InChI=1S/C28H30FN7O/c29-23-7-2-1-4-17(23)13-21-14-19-12-18(8-9-24(19)34-21)26-25-27(30)32-16-33-28(25)36(35-26)22-6-3-5-20(15-22)31-10-11-37/h1-2,4,7-9,12,14,16,20,22,31,34,37H,3,5-6,10-11,13,15H2,(H2,30,32,33). The highest BCUT2D eigenvalue weighted by atomic mass is 19.1. The summed E-state index contributed by atoms with van der Waals surface area (Å²) in [6.45, 7) is 0.719. The van der Waals surface area contributed by atoms with Crippen molar-refractivity contribution in [1.82, 2.24) is 30.0 Å². The number of aromatic amines is 1. The highest BCUT2D eigenvalue weighted by molar-refractivity contribution is 6.00. The maximum atomic E-state index is 14.2. The Bertz CT molecular complexity index is 1560. The highest BCUT2D eigenvalue weighted by Gasteiger charge is 2.27. The minimum absolute atomic E-state index is 0.128. The van der Waals surface area contributed by atoms with E-state index in [0.717, 1.165) is 64.6 Å². The van der Waals surface area contributed by atoms with E-state index in [2.05, 4.69) is 32.4 Å². The molecule has 1 aliphatic rings. The molecule has 1 fully saturated rings. The van der Waals surface area contributed by atoms with Crippen LogP contribution in [-0.2, 0) is 6.42 Å². The molecule has 3 heterocycles. The quantitative estimate of drug-likeness (QED) is 0.264. The number of aliphatic hydroxyl groups excluding tert-OH is 1. The lowest BCUT2D eigenvalue weighted by Gasteiger charge is -2.30. The molecule has 0 radical (unpaired) electrons. The molecule has 0 spiro atoms. The van der Waals surface area contributed by atoms with E-state index in [0.29, 0.717) is 30.4 Å². The number of benzene rings is 2. The Hall–Kier alpha value is -3.82. The number of anilines is 1. The van der Waals surface area contributed by atoms with Crippen LogP contribution in [0.5, 0.6) is 0 Å². The first-order chi connectivity index (χ1) is 18.1. The molecule has 0 aliphatic heterocycles. The van der Waals surface area contributed by atoms with Crippen molar-refractivity contribution in [2.24, 2.45) is 0 Å². The largest absolute Gasteiger partial charge is 0.395 e. The number of hydrogen-bond acceptors (Lipinski definition) is 6. The second-order valence-electron chi connectivity index (χ2n) is 9.81. The highest BCUT2D eigenvalue weighted by Crippen LogP contribution is 2.37. The van der Waals surface area contributed by atoms with Crippen molar-refractivity contribution in [2.45, 2.75) is 44.2 Å². The number of H-pyrrole nitrogens is 1. The molecule has 0 saturated heterocycles. The van der Waals surface area contributed by atoms with Gasteiger partial charge < -0.3 is 21.1 Å². The van der Waals surface area contributed by atoms with Crippen LogP contribution < -0.4 is 11.1 Å². The van der Waals surface area contributed by atoms with Gasteiger partial charge in [0.2, 0.25) is 0 Å². The molecule has 9 heteroatoms. The van der Waals surface area contributed by atoms with Crippen molar-refractivity contribution in [3.05, 3.63) is 71.9 Å². The average Bonchev–Trinajstić information content (AvgIpc) is 3.50. The summed E-state index contributed by atoms with van der Waals surface area (Å²) in [6, 6.07) is 15.6. The summed E-state index contributed by atoms with van der Waals surface area (Å²) in [5, 5.41) is 19.5. The Morgan fingerprint density at radius 1 is 1.14 bits per heavy atom. The number of fused-ring (bicyclic) bond motifs is 2. The van der Waals surface area contributed by atoms with Crippen LogP contribution >= 0.6 is 0 Å². The van der Waals surface area contributed by atoms with Gasteiger partial charge in [-0.1, -0.05) is 24.3 Å². The summed E-state index contributed by atoms with van der Waals surface area (Å²) >= 11 is 0. The van der Waals surface area contributed by atoms with Crippen LogP contribution in [0.25, 0.3) is 33.2 Å². The second kappa shape index (κ2) is 9.91. The average molecular weight is 500 g/mol. The predicted molar refractivity (Wildman–Crippen MR) is 143 cm³/mol. The molecule has 5 aromatic rings. The molecule has 5 N–H and O–H groups in total.